The Kier molecular flexibility index (Phi) is 8.29. The Morgan fingerprint density at radius 2 is 1.92 bits per heavy atom. The molecule has 0 radical (unpaired) electrons. The maximum Gasteiger partial charge on any atom is 0.336 e. The van der Waals surface area contributed by atoms with Crippen LogP contribution in [0.1, 0.15) is 58.3 Å². The molecule has 0 aliphatic heterocycles. The third kappa shape index (κ3) is 6.56. The number of methoxy groups -OCH3 is 1. The van der Waals surface area contributed by atoms with Crippen molar-refractivity contribution in [3.63, 3.8) is 0 Å². The van der Waals surface area contributed by atoms with Crippen molar-refractivity contribution in [2.75, 3.05) is 7.11 Å². The van der Waals surface area contributed by atoms with E-state index in [0.717, 1.165) is 44.9 Å². The SMILES string of the molecule is COC(=O)CCCCCCCC(C(=O)On1ccccc1=S)[C@@H]1C[C@@H]1C. The molecule has 0 N–H and O–H groups in total. The first-order valence-corrected chi connectivity index (χ1v) is 9.90. The number of hydrogen-bond acceptors (Lipinski definition) is 5. The Balaban J connectivity index is 1.74. The van der Waals surface area contributed by atoms with Gasteiger partial charge in [-0.15, -0.1) is 0 Å². The molecule has 3 atom stereocenters. The lowest BCUT2D eigenvalue weighted by Crippen LogP contribution is -2.29. The van der Waals surface area contributed by atoms with Crippen LogP contribution in [0.3, 0.4) is 0 Å². The van der Waals surface area contributed by atoms with Crippen LogP contribution in [0.2, 0.25) is 0 Å². The summed E-state index contributed by atoms with van der Waals surface area (Å²) in [6, 6.07) is 5.37. The van der Waals surface area contributed by atoms with Gasteiger partial charge in [0, 0.05) is 12.6 Å². The molecule has 0 saturated heterocycles. The van der Waals surface area contributed by atoms with Crippen molar-refractivity contribution in [1.29, 1.82) is 0 Å². The van der Waals surface area contributed by atoms with Crippen LogP contribution in [0.15, 0.2) is 24.4 Å². The lowest BCUT2D eigenvalue weighted by atomic mass is 9.95. The van der Waals surface area contributed by atoms with Gasteiger partial charge in [-0.3, -0.25) is 4.79 Å². The molecule has 144 valence electrons. The summed E-state index contributed by atoms with van der Waals surface area (Å²) in [5.74, 6) is 0.653. The lowest BCUT2D eigenvalue weighted by Gasteiger charge is -2.16. The second kappa shape index (κ2) is 10.5. The van der Waals surface area contributed by atoms with Crippen molar-refractivity contribution in [3.8, 4) is 0 Å². The number of nitrogens with zero attached hydrogens (tertiary/aromatic N) is 1. The van der Waals surface area contributed by atoms with Crippen LogP contribution in [-0.4, -0.2) is 23.8 Å². The van der Waals surface area contributed by atoms with Gasteiger partial charge in [-0.1, -0.05) is 50.9 Å². The summed E-state index contributed by atoms with van der Waals surface area (Å²) < 4.78 is 6.51. The van der Waals surface area contributed by atoms with E-state index in [4.69, 9.17) is 17.1 Å². The first-order chi connectivity index (χ1) is 12.5. The van der Waals surface area contributed by atoms with Gasteiger partial charge in [0.1, 0.15) is 4.64 Å². The van der Waals surface area contributed by atoms with Crippen LogP contribution in [0, 0.1) is 22.4 Å². The predicted octanol–water partition coefficient (Wildman–Crippen LogP) is 4.35. The zero-order chi connectivity index (χ0) is 18.9. The smallest absolute Gasteiger partial charge is 0.336 e. The third-order valence-electron chi connectivity index (χ3n) is 5.09. The Morgan fingerprint density at radius 1 is 1.23 bits per heavy atom. The van der Waals surface area contributed by atoms with E-state index in [0.29, 0.717) is 22.9 Å². The van der Waals surface area contributed by atoms with E-state index in [2.05, 4.69) is 11.7 Å². The lowest BCUT2D eigenvalue weighted by molar-refractivity contribution is -0.150. The van der Waals surface area contributed by atoms with Crippen LogP contribution >= 0.6 is 12.2 Å². The maximum absolute atomic E-state index is 12.6. The van der Waals surface area contributed by atoms with Gasteiger partial charge in [-0.25, -0.2) is 4.79 Å². The quantitative estimate of drug-likeness (QED) is 0.325. The van der Waals surface area contributed by atoms with Crippen LogP contribution in [0.25, 0.3) is 0 Å². The van der Waals surface area contributed by atoms with Crippen LogP contribution in [-0.2, 0) is 14.3 Å². The largest absolute Gasteiger partial charge is 0.469 e. The van der Waals surface area contributed by atoms with Gasteiger partial charge in [0.15, 0.2) is 0 Å². The van der Waals surface area contributed by atoms with Crippen molar-refractivity contribution in [2.45, 2.75) is 58.3 Å². The highest BCUT2D eigenvalue weighted by Crippen LogP contribution is 2.45. The Bertz CT molecular complexity index is 657. The average molecular weight is 380 g/mol. The van der Waals surface area contributed by atoms with E-state index >= 15 is 0 Å². The normalized spacial score (nSPS) is 19.6. The molecule has 1 heterocycles. The van der Waals surface area contributed by atoms with Gasteiger partial charge in [-0.05, 0) is 43.2 Å². The van der Waals surface area contributed by atoms with E-state index in [1.54, 1.807) is 18.3 Å². The van der Waals surface area contributed by atoms with Crippen molar-refractivity contribution in [3.05, 3.63) is 29.0 Å². The monoisotopic (exact) mass is 379 g/mol. The molecule has 1 aliphatic rings. The number of ether oxygens (including phenoxy) is 1. The molecule has 1 unspecified atom stereocenters. The maximum atomic E-state index is 12.6. The molecule has 26 heavy (non-hydrogen) atoms. The molecule has 0 aromatic carbocycles. The minimum Gasteiger partial charge on any atom is -0.469 e. The van der Waals surface area contributed by atoms with Gasteiger partial charge in [0.05, 0.1) is 13.0 Å². The highest BCUT2D eigenvalue weighted by Gasteiger charge is 2.43. The highest BCUT2D eigenvalue weighted by atomic mass is 32.1. The minimum absolute atomic E-state index is 0.0535. The molecule has 1 aliphatic carbocycles. The predicted molar refractivity (Wildman–Crippen MR) is 102 cm³/mol. The van der Waals surface area contributed by atoms with Crippen molar-refractivity contribution in [1.82, 2.24) is 4.73 Å². The fourth-order valence-electron chi connectivity index (χ4n) is 3.34. The molecule has 1 fully saturated rings. The molecule has 0 spiro atoms. The third-order valence-corrected chi connectivity index (χ3v) is 5.41. The summed E-state index contributed by atoms with van der Waals surface area (Å²) in [6.07, 6.45) is 9.13. The molecular weight excluding hydrogens is 350 g/mol. The fraction of sp³-hybridized carbons (Fsp3) is 0.650. The Hall–Kier alpha value is -1.69. The van der Waals surface area contributed by atoms with Gasteiger partial charge >= 0.3 is 11.9 Å². The number of carbonyl (C=O) groups excluding carboxylic acids is 2. The highest BCUT2D eigenvalue weighted by molar-refractivity contribution is 7.71. The van der Waals surface area contributed by atoms with Crippen LogP contribution in [0.4, 0.5) is 0 Å². The Labute approximate surface area is 160 Å². The number of rotatable bonds is 11. The molecule has 1 aromatic rings. The summed E-state index contributed by atoms with van der Waals surface area (Å²) in [5.41, 5.74) is 0. The standard InChI is InChI=1S/C20H29NO4S/c1-15-14-17(15)16(10-6-4-3-5-7-12-19(22)24-2)20(23)25-21-13-9-8-11-18(21)26/h8-9,11,13,15-17H,3-7,10,12,14H2,1-2H3/t15-,16?,17+/m0/s1. The Morgan fingerprint density at radius 3 is 2.58 bits per heavy atom. The number of pyridine rings is 1. The molecular formula is C20H29NO4S. The van der Waals surface area contributed by atoms with Gasteiger partial charge in [0.25, 0.3) is 0 Å². The summed E-state index contributed by atoms with van der Waals surface area (Å²) in [6.45, 7) is 2.19. The van der Waals surface area contributed by atoms with Gasteiger partial charge in [-0.2, -0.15) is 4.73 Å². The first-order valence-electron chi connectivity index (χ1n) is 9.49. The number of hydrogen-bond donors (Lipinski definition) is 0. The molecule has 6 heteroatoms. The van der Waals surface area contributed by atoms with Crippen molar-refractivity contribution in [2.24, 2.45) is 17.8 Å². The van der Waals surface area contributed by atoms with Crippen LogP contribution < -0.4 is 4.84 Å². The number of unbranched alkanes of at least 4 members (excludes halogenated alkanes) is 4. The zero-order valence-corrected chi connectivity index (χ0v) is 16.5. The van der Waals surface area contributed by atoms with Crippen LogP contribution in [0.5, 0.6) is 0 Å². The van der Waals surface area contributed by atoms with Gasteiger partial charge in [0.2, 0.25) is 0 Å². The summed E-state index contributed by atoms with van der Waals surface area (Å²) in [4.78, 5) is 29.2. The van der Waals surface area contributed by atoms with E-state index in [9.17, 15) is 9.59 Å². The average Bonchev–Trinajstić information content (AvgIpc) is 3.35. The fourth-order valence-corrected chi connectivity index (χ4v) is 3.51. The molecule has 0 amide bonds. The van der Waals surface area contributed by atoms with Crippen molar-refractivity contribution < 1.29 is 19.2 Å². The van der Waals surface area contributed by atoms with E-state index in [1.807, 2.05) is 6.07 Å². The summed E-state index contributed by atoms with van der Waals surface area (Å²) in [7, 11) is 1.42. The number of carbonyl (C=O) groups is 2. The molecule has 0 bridgehead atoms. The van der Waals surface area contributed by atoms with Crippen molar-refractivity contribution >= 4 is 24.2 Å². The van der Waals surface area contributed by atoms with Gasteiger partial charge < -0.3 is 9.57 Å². The summed E-state index contributed by atoms with van der Waals surface area (Å²) in [5, 5.41) is 0. The minimum atomic E-state index is -0.174. The second-order valence-electron chi connectivity index (χ2n) is 7.14. The second-order valence-corrected chi connectivity index (χ2v) is 7.56. The molecule has 1 aromatic heterocycles. The summed E-state index contributed by atoms with van der Waals surface area (Å²) >= 11 is 5.19. The zero-order valence-electron chi connectivity index (χ0n) is 15.7. The van der Waals surface area contributed by atoms with E-state index in [1.165, 1.54) is 11.8 Å². The molecule has 2 rings (SSSR count). The number of aromatic nitrogens is 1. The number of esters is 1. The van der Waals surface area contributed by atoms with E-state index in [-0.39, 0.29) is 17.9 Å². The first kappa shape index (κ1) is 20.6. The van der Waals surface area contributed by atoms with E-state index < -0.39 is 0 Å². The topological polar surface area (TPSA) is 57.5 Å². The molecule has 5 nitrogen and oxygen atoms in total. The molecule has 1 saturated carbocycles.